The van der Waals surface area contributed by atoms with E-state index in [1.807, 2.05) is 0 Å². The molecule has 2 aromatic rings. The van der Waals surface area contributed by atoms with Gasteiger partial charge in [0.2, 0.25) is 0 Å². The average molecular weight is 260 g/mol. The van der Waals surface area contributed by atoms with Crippen molar-refractivity contribution in [2.75, 3.05) is 0 Å². The summed E-state index contributed by atoms with van der Waals surface area (Å²) in [6, 6.07) is 6.43. The number of halogens is 1. The maximum Gasteiger partial charge on any atom is 0.159 e. The Bertz CT molecular complexity index is 596. The fourth-order valence-corrected chi connectivity index (χ4v) is 2.71. The van der Waals surface area contributed by atoms with Crippen LogP contribution in [0.2, 0.25) is 5.15 Å². The third kappa shape index (κ3) is 2.10. The van der Waals surface area contributed by atoms with Crippen LogP contribution in [0.3, 0.4) is 0 Å². The minimum Gasteiger partial charge on any atom is -0.217 e. The summed E-state index contributed by atoms with van der Waals surface area (Å²) < 4.78 is 0. The molecule has 1 aliphatic carbocycles. The zero-order valence-corrected chi connectivity index (χ0v) is 11.0. The van der Waals surface area contributed by atoms with Crippen molar-refractivity contribution in [2.45, 2.75) is 32.6 Å². The van der Waals surface area contributed by atoms with Crippen LogP contribution < -0.4 is 0 Å². The highest BCUT2D eigenvalue weighted by atomic mass is 35.5. The minimum atomic E-state index is 0.429. The lowest BCUT2D eigenvalue weighted by Crippen LogP contribution is -2.03. The van der Waals surface area contributed by atoms with Crippen molar-refractivity contribution in [3.05, 3.63) is 40.3 Å². The van der Waals surface area contributed by atoms with Crippen molar-refractivity contribution in [2.24, 2.45) is 0 Å². The second kappa shape index (κ2) is 4.65. The highest BCUT2D eigenvalue weighted by molar-refractivity contribution is 6.31. The van der Waals surface area contributed by atoms with E-state index in [4.69, 9.17) is 11.6 Å². The summed E-state index contributed by atoms with van der Waals surface area (Å²) in [5.41, 5.74) is 4.56. The average Bonchev–Trinajstić information content (AvgIpc) is 2.38. The molecule has 92 valence electrons. The number of rotatable bonds is 1. The van der Waals surface area contributed by atoms with Gasteiger partial charge in [0, 0.05) is 5.56 Å². The summed E-state index contributed by atoms with van der Waals surface area (Å²) in [6.07, 6.45) is 4.88. The topological polar surface area (TPSA) is 38.7 Å². The van der Waals surface area contributed by atoms with Crippen molar-refractivity contribution in [3.8, 4) is 11.3 Å². The normalized spacial score (nSPS) is 14.3. The van der Waals surface area contributed by atoms with Gasteiger partial charge in [0.25, 0.3) is 0 Å². The molecular weight excluding hydrogens is 246 g/mol. The second-order valence-corrected chi connectivity index (χ2v) is 5.05. The molecule has 0 saturated heterocycles. The fourth-order valence-electron chi connectivity index (χ4n) is 2.44. The lowest BCUT2D eigenvalue weighted by Gasteiger charge is -2.16. The molecule has 0 aliphatic heterocycles. The van der Waals surface area contributed by atoms with E-state index < -0.39 is 0 Å². The van der Waals surface area contributed by atoms with Crippen LogP contribution in [0.25, 0.3) is 11.3 Å². The summed E-state index contributed by atoms with van der Waals surface area (Å²) in [5.74, 6) is 0.599. The SMILES string of the molecule is Cc1nnc(-c2ccc3c(c2)CCCC3)c(Cl)n1. The molecule has 4 heteroatoms. The molecule has 0 unspecified atom stereocenters. The van der Waals surface area contributed by atoms with Gasteiger partial charge in [0.1, 0.15) is 11.5 Å². The van der Waals surface area contributed by atoms with E-state index in [1.54, 1.807) is 6.92 Å². The van der Waals surface area contributed by atoms with Gasteiger partial charge in [-0.25, -0.2) is 4.98 Å². The van der Waals surface area contributed by atoms with Crippen LogP contribution in [0, 0.1) is 6.92 Å². The summed E-state index contributed by atoms with van der Waals surface area (Å²) in [4.78, 5) is 4.15. The Morgan fingerprint density at radius 3 is 2.61 bits per heavy atom. The van der Waals surface area contributed by atoms with Gasteiger partial charge < -0.3 is 0 Å². The molecule has 0 atom stereocenters. The molecule has 0 bridgehead atoms. The second-order valence-electron chi connectivity index (χ2n) is 4.69. The molecule has 3 nitrogen and oxygen atoms in total. The summed E-state index contributed by atoms with van der Waals surface area (Å²) in [7, 11) is 0. The van der Waals surface area contributed by atoms with Crippen molar-refractivity contribution in [1.29, 1.82) is 0 Å². The maximum absolute atomic E-state index is 6.13. The smallest absolute Gasteiger partial charge is 0.159 e. The number of fused-ring (bicyclic) bond motifs is 1. The Morgan fingerprint density at radius 1 is 1.06 bits per heavy atom. The summed E-state index contributed by atoms with van der Waals surface area (Å²) in [5, 5.41) is 8.56. The number of benzene rings is 1. The van der Waals surface area contributed by atoms with Crippen LogP contribution in [0.5, 0.6) is 0 Å². The number of hydrogen-bond acceptors (Lipinski definition) is 3. The van der Waals surface area contributed by atoms with E-state index in [0.29, 0.717) is 16.7 Å². The van der Waals surface area contributed by atoms with E-state index in [0.717, 1.165) is 12.0 Å². The summed E-state index contributed by atoms with van der Waals surface area (Å²) in [6.45, 7) is 1.79. The molecule has 0 fully saturated rings. The molecule has 1 aromatic carbocycles. The molecule has 18 heavy (non-hydrogen) atoms. The Labute approximate surface area is 111 Å². The predicted molar refractivity (Wildman–Crippen MR) is 71.7 cm³/mol. The van der Waals surface area contributed by atoms with Gasteiger partial charge in [-0.1, -0.05) is 23.7 Å². The highest BCUT2D eigenvalue weighted by Crippen LogP contribution is 2.28. The molecule has 0 saturated carbocycles. The highest BCUT2D eigenvalue weighted by Gasteiger charge is 2.13. The molecular formula is C14H14ClN3. The zero-order valence-electron chi connectivity index (χ0n) is 10.3. The molecule has 1 aliphatic rings. The Morgan fingerprint density at radius 2 is 1.83 bits per heavy atom. The first kappa shape index (κ1) is 11.6. The van der Waals surface area contributed by atoms with Gasteiger partial charge in [-0.15, -0.1) is 10.2 Å². The van der Waals surface area contributed by atoms with E-state index in [1.165, 1.54) is 30.4 Å². The maximum atomic E-state index is 6.13. The largest absolute Gasteiger partial charge is 0.217 e. The number of hydrogen-bond donors (Lipinski definition) is 0. The number of aromatic nitrogens is 3. The van der Waals surface area contributed by atoms with Gasteiger partial charge in [0.05, 0.1) is 0 Å². The minimum absolute atomic E-state index is 0.429. The quantitative estimate of drug-likeness (QED) is 0.788. The Balaban J connectivity index is 2.06. The van der Waals surface area contributed by atoms with E-state index in [9.17, 15) is 0 Å². The number of aryl methyl sites for hydroxylation is 3. The Kier molecular flexibility index (Phi) is 3.00. The zero-order chi connectivity index (χ0) is 12.5. The van der Waals surface area contributed by atoms with Crippen LogP contribution in [0.4, 0.5) is 0 Å². The van der Waals surface area contributed by atoms with Crippen LogP contribution in [-0.2, 0) is 12.8 Å². The standard InChI is InChI=1S/C14H14ClN3/c1-9-16-14(15)13(18-17-9)12-7-6-10-4-2-3-5-11(10)8-12/h6-8H,2-5H2,1H3. The van der Waals surface area contributed by atoms with Crippen molar-refractivity contribution >= 4 is 11.6 Å². The molecule has 1 heterocycles. The van der Waals surface area contributed by atoms with Crippen LogP contribution in [-0.4, -0.2) is 15.2 Å². The predicted octanol–water partition coefficient (Wildman–Crippen LogP) is 3.38. The molecule has 0 amide bonds. The van der Waals surface area contributed by atoms with Crippen LogP contribution in [0.15, 0.2) is 18.2 Å². The molecule has 1 aromatic heterocycles. The van der Waals surface area contributed by atoms with Gasteiger partial charge in [0.15, 0.2) is 5.15 Å². The monoisotopic (exact) mass is 259 g/mol. The van der Waals surface area contributed by atoms with Gasteiger partial charge in [-0.3, -0.25) is 0 Å². The molecule has 3 rings (SSSR count). The summed E-state index contributed by atoms with van der Waals surface area (Å²) >= 11 is 6.13. The third-order valence-electron chi connectivity index (χ3n) is 3.37. The van der Waals surface area contributed by atoms with Crippen molar-refractivity contribution < 1.29 is 0 Å². The fraction of sp³-hybridized carbons (Fsp3) is 0.357. The number of nitrogens with zero attached hydrogens (tertiary/aromatic N) is 3. The van der Waals surface area contributed by atoms with Gasteiger partial charge in [-0.05, 0) is 49.8 Å². The van der Waals surface area contributed by atoms with Gasteiger partial charge in [-0.2, -0.15) is 0 Å². The van der Waals surface area contributed by atoms with Crippen molar-refractivity contribution in [1.82, 2.24) is 15.2 Å². The molecule has 0 radical (unpaired) electrons. The first-order valence-electron chi connectivity index (χ1n) is 6.23. The van der Waals surface area contributed by atoms with Crippen LogP contribution in [0.1, 0.15) is 29.8 Å². The van der Waals surface area contributed by atoms with Gasteiger partial charge >= 0.3 is 0 Å². The molecule has 0 N–H and O–H groups in total. The Hall–Kier alpha value is -1.48. The third-order valence-corrected chi connectivity index (χ3v) is 3.64. The van der Waals surface area contributed by atoms with Crippen LogP contribution >= 0.6 is 11.6 Å². The molecule has 0 spiro atoms. The lowest BCUT2D eigenvalue weighted by molar-refractivity contribution is 0.686. The van der Waals surface area contributed by atoms with E-state index >= 15 is 0 Å². The van der Waals surface area contributed by atoms with E-state index in [2.05, 4.69) is 33.4 Å². The lowest BCUT2D eigenvalue weighted by atomic mass is 9.90. The first-order chi connectivity index (χ1) is 8.74. The first-order valence-corrected chi connectivity index (χ1v) is 6.61. The van der Waals surface area contributed by atoms with E-state index in [-0.39, 0.29) is 0 Å². The van der Waals surface area contributed by atoms with Crippen molar-refractivity contribution in [3.63, 3.8) is 0 Å².